The average Bonchev–Trinajstić information content (AvgIpc) is 2.99. The molecular weight excluding hydrogens is 424 g/mol. The second-order valence-electron chi connectivity index (χ2n) is 7.15. The second kappa shape index (κ2) is 10.0. The number of halogens is 2. The minimum absolute atomic E-state index is 0.137. The van der Waals surface area contributed by atoms with Gasteiger partial charge in [0, 0.05) is 19.6 Å². The van der Waals surface area contributed by atoms with E-state index >= 15 is 0 Å². The summed E-state index contributed by atoms with van der Waals surface area (Å²) < 4.78 is 32.0. The summed E-state index contributed by atoms with van der Waals surface area (Å²) in [5.74, 6) is -2.42. The molecule has 1 fully saturated rings. The number of amidine groups is 1. The fraction of sp³-hybridized carbons (Fsp3) is 0.318. The van der Waals surface area contributed by atoms with E-state index in [1.807, 2.05) is 32.0 Å². The van der Waals surface area contributed by atoms with Crippen LogP contribution < -0.4 is 5.32 Å². The number of benzene rings is 2. The average molecular weight is 448 g/mol. The maximum absolute atomic E-state index is 13.8. The van der Waals surface area contributed by atoms with Crippen LogP contribution in [0.25, 0.3) is 0 Å². The van der Waals surface area contributed by atoms with Gasteiger partial charge in [0.25, 0.3) is 0 Å². The molecule has 1 heterocycles. The Labute approximate surface area is 183 Å². The lowest BCUT2D eigenvalue weighted by atomic mass is 10.1. The smallest absolute Gasteiger partial charge is 0.242 e. The molecule has 3 rings (SSSR count). The van der Waals surface area contributed by atoms with Crippen LogP contribution in [0.4, 0.5) is 20.2 Å². The lowest BCUT2D eigenvalue weighted by Gasteiger charge is -2.16. The molecule has 2 aromatic carbocycles. The third kappa shape index (κ3) is 5.68. The highest BCUT2D eigenvalue weighted by Gasteiger charge is 2.39. The molecule has 1 atom stereocenters. The van der Waals surface area contributed by atoms with Crippen molar-refractivity contribution in [2.24, 2.45) is 4.99 Å². The SMILES string of the molecule is COCCN1C(=O)C(CC(=O)Nc2ccc(F)cc2F)SC1=Nc1cc(C)ccc1C. The van der Waals surface area contributed by atoms with Crippen molar-refractivity contribution >= 4 is 40.1 Å². The number of aliphatic imine (C=N–C) groups is 1. The number of methoxy groups -OCH3 is 1. The van der Waals surface area contributed by atoms with Crippen LogP contribution in [0.5, 0.6) is 0 Å². The highest BCUT2D eigenvalue weighted by atomic mass is 32.2. The normalized spacial score (nSPS) is 17.5. The number of carbonyl (C=O) groups excluding carboxylic acids is 2. The van der Waals surface area contributed by atoms with Gasteiger partial charge in [0.15, 0.2) is 5.17 Å². The Bertz CT molecular complexity index is 1030. The van der Waals surface area contributed by atoms with Gasteiger partial charge < -0.3 is 10.1 Å². The number of hydrogen-bond donors (Lipinski definition) is 1. The van der Waals surface area contributed by atoms with E-state index in [2.05, 4.69) is 10.3 Å². The molecule has 0 spiro atoms. The van der Waals surface area contributed by atoms with Gasteiger partial charge in [0.1, 0.15) is 16.9 Å². The van der Waals surface area contributed by atoms with Crippen LogP contribution >= 0.6 is 11.8 Å². The van der Waals surface area contributed by atoms with Crippen molar-refractivity contribution in [3.05, 3.63) is 59.2 Å². The lowest BCUT2D eigenvalue weighted by molar-refractivity contribution is -0.128. The molecule has 0 aromatic heterocycles. The summed E-state index contributed by atoms with van der Waals surface area (Å²) >= 11 is 1.19. The zero-order valence-corrected chi connectivity index (χ0v) is 18.3. The van der Waals surface area contributed by atoms with Crippen molar-refractivity contribution < 1.29 is 23.1 Å². The maximum atomic E-state index is 13.8. The fourth-order valence-corrected chi connectivity index (χ4v) is 4.19. The number of amides is 2. The third-order valence-corrected chi connectivity index (χ3v) is 5.87. The van der Waals surface area contributed by atoms with Crippen molar-refractivity contribution in [1.82, 2.24) is 4.90 Å². The van der Waals surface area contributed by atoms with E-state index in [-0.39, 0.29) is 18.0 Å². The van der Waals surface area contributed by atoms with Gasteiger partial charge in [-0.2, -0.15) is 0 Å². The van der Waals surface area contributed by atoms with Crippen LogP contribution in [0.1, 0.15) is 17.5 Å². The van der Waals surface area contributed by atoms with E-state index in [4.69, 9.17) is 4.74 Å². The molecule has 1 N–H and O–H groups in total. The standard InChI is InChI=1S/C22H23F2N3O3S/c1-13-4-5-14(2)18(10-13)26-22-27(8-9-30-3)21(29)19(31-22)12-20(28)25-17-7-6-15(23)11-16(17)24/h4-7,10-11,19H,8-9,12H2,1-3H3,(H,25,28). The van der Waals surface area contributed by atoms with Crippen LogP contribution in [0.3, 0.4) is 0 Å². The van der Waals surface area contributed by atoms with Gasteiger partial charge in [-0.3, -0.25) is 14.5 Å². The Morgan fingerprint density at radius 3 is 2.71 bits per heavy atom. The van der Waals surface area contributed by atoms with Gasteiger partial charge in [-0.1, -0.05) is 23.9 Å². The summed E-state index contributed by atoms with van der Waals surface area (Å²) in [5, 5.41) is 2.18. The first kappa shape index (κ1) is 22.9. The molecule has 0 radical (unpaired) electrons. The minimum Gasteiger partial charge on any atom is -0.383 e. The predicted octanol–water partition coefficient (Wildman–Crippen LogP) is 4.19. The second-order valence-corrected chi connectivity index (χ2v) is 8.32. The molecule has 1 aliphatic rings. The Morgan fingerprint density at radius 2 is 2.00 bits per heavy atom. The highest BCUT2D eigenvalue weighted by Crippen LogP contribution is 2.33. The summed E-state index contributed by atoms with van der Waals surface area (Å²) in [4.78, 5) is 31.5. The Kier molecular flexibility index (Phi) is 7.40. The number of hydrogen-bond acceptors (Lipinski definition) is 5. The van der Waals surface area contributed by atoms with E-state index in [1.165, 1.54) is 23.8 Å². The van der Waals surface area contributed by atoms with Crippen LogP contribution in [0.2, 0.25) is 0 Å². The molecule has 164 valence electrons. The maximum Gasteiger partial charge on any atom is 0.242 e. The number of aryl methyl sites for hydroxylation is 2. The largest absolute Gasteiger partial charge is 0.383 e. The van der Waals surface area contributed by atoms with Crippen molar-refractivity contribution in [1.29, 1.82) is 0 Å². The summed E-state index contributed by atoms with van der Waals surface area (Å²) in [6.45, 7) is 4.51. The molecular formula is C22H23F2N3O3S. The van der Waals surface area contributed by atoms with Gasteiger partial charge in [0.2, 0.25) is 11.8 Å². The summed E-state index contributed by atoms with van der Waals surface area (Å²) in [5.41, 5.74) is 2.62. The Morgan fingerprint density at radius 1 is 1.23 bits per heavy atom. The number of anilines is 1. The van der Waals surface area contributed by atoms with E-state index < -0.39 is 22.8 Å². The first-order valence-electron chi connectivity index (χ1n) is 9.66. The first-order chi connectivity index (χ1) is 14.8. The van der Waals surface area contributed by atoms with E-state index in [0.29, 0.717) is 24.4 Å². The minimum atomic E-state index is -0.877. The van der Waals surface area contributed by atoms with Crippen LogP contribution in [0, 0.1) is 25.5 Å². The van der Waals surface area contributed by atoms with Crippen molar-refractivity contribution in [3.8, 4) is 0 Å². The quantitative estimate of drug-likeness (QED) is 0.691. The van der Waals surface area contributed by atoms with Crippen LogP contribution in [-0.2, 0) is 14.3 Å². The van der Waals surface area contributed by atoms with Crippen molar-refractivity contribution in [2.45, 2.75) is 25.5 Å². The molecule has 31 heavy (non-hydrogen) atoms. The first-order valence-corrected chi connectivity index (χ1v) is 10.5. The molecule has 0 aliphatic carbocycles. The zero-order valence-electron chi connectivity index (χ0n) is 17.4. The molecule has 1 unspecified atom stereocenters. The summed E-state index contributed by atoms with van der Waals surface area (Å²) in [6.07, 6.45) is -0.171. The molecule has 1 aliphatic heterocycles. The third-order valence-electron chi connectivity index (χ3n) is 4.70. The molecule has 6 nitrogen and oxygen atoms in total. The number of thioether (sulfide) groups is 1. The molecule has 2 amide bonds. The monoisotopic (exact) mass is 447 g/mol. The van der Waals surface area contributed by atoms with Crippen LogP contribution in [0.15, 0.2) is 41.4 Å². The van der Waals surface area contributed by atoms with Gasteiger partial charge in [-0.05, 0) is 43.2 Å². The van der Waals surface area contributed by atoms with Gasteiger partial charge in [-0.15, -0.1) is 0 Å². The molecule has 1 saturated heterocycles. The van der Waals surface area contributed by atoms with Crippen molar-refractivity contribution in [3.63, 3.8) is 0 Å². The topological polar surface area (TPSA) is 71.0 Å². The van der Waals surface area contributed by atoms with Gasteiger partial charge in [0.05, 0.1) is 24.5 Å². The van der Waals surface area contributed by atoms with E-state index in [0.717, 1.165) is 28.9 Å². The summed E-state index contributed by atoms with van der Waals surface area (Å²) in [6, 6.07) is 8.75. The molecule has 9 heteroatoms. The lowest BCUT2D eigenvalue weighted by Crippen LogP contribution is -2.35. The van der Waals surface area contributed by atoms with E-state index in [9.17, 15) is 18.4 Å². The van der Waals surface area contributed by atoms with Crippen molar-refractivity contribution in [2.75, 3.05) is 25.6 Å². The number of nitrogens with one attached hydrogen (secondary N) is 1. The Hall–Kier alpha value is -2.78. The molecule has 0 bridgehead atoms. The van der Waals surface area contributed by atoms with Gasteiger partial charge >= 0.3 is 0 Å². The Balaban J connectivity index is 1.78. The van der Waals surface area contributed by atoms with Gasteiger partial charge in [-0.25, -0.2) is 13.8 Å². The molecule has 0 saturated carbocycles. The van der Waals surface area contributed by atoms with E-state index in [1.54, 1.807) is 0 Å². The van der Waals surface area contributed by atoms with Crippen LogP contribution in [-0.4, -0.2) is 47.4 Å². The number of ether oxygens (including phenoxy) is 1. The predicted molar refractivity (Wildman–Crippen MR) is 118 cm³/mol. The fourth-order valence-electron chi connectivity index (χ4n) is 3.02. The zero-order chi connectivity index (χ0) is 22.5. The molecule has 2 aromatic rings. The highest BCUT2D eigenvalue weighted by molar-refractivity contribution is 8.15. The number of rotatable bonds is 7. The summed E-state index contributed by atoms with van der Waals surface area (Å²) in [7, 11) is 1.54. The number of nitrogens with zero attached hydrogens (tertiary/aromatic N) is 2. The number of carbonyl (C=O) groups is 2.